The first-order valence-corrected chi connectivity index (χ1v) is 10.7. The molecule has 0 aliphatic heterocycles. The van der Waals surface area contributed by atoms with E-state index in [9.17, 15) is 13.2 Å². The van der Waals surface area contributed by atoms with Crippen LogP contribution >= 0.6 is 0 Å². The van der Waals surface area contributed by atoms with Gasteiger partial charge in [0, 0.05) is 11.1 Å². The molecule has 2 heterocycles. The highest BCUT2D eigenvalue weighted by Crippen LogP contribution is 2.35. The van der Waals surface area contributed by atoms with Crippen molar-refractivity contribution >= 4 is 5.65 Å². The second kappa shape index (κ2) is 8.67. The monoisotopic (exact) mass is 459 g/mol. The Hall–Kier alpha value is -4.13. The smallest absolute Gasteiger partial charge is 0.433 e. The van der Waals surface area contributed by atoms with E-state index in [4.69, 9.17) is 4.74 Å². The lowest BCUT2D eigenvalue weighted by Crippen LogP contribution is -2.13. The van der Waals surface area contributed by atoms with Crippen LogP contribution < -0.4 is 4.74 Å². The fourth-order valence-electron chi connectivity index (χ4n) is 3.82. The lowest BCUT2D eigenvalue weighted by atomic mass is 10.1. The lowest BCUT2D eigenvalue weighted by Gasteiger charge is -2.12. The van der Waals surface area contributed by atoms with Crippen molar-refractivity contribution in [3.05, 3.63) is 108 Å². The third kappa shape index (κ3) is 4.37. The zero-order valence-electron chi connectivity index (χ0n) is 18.3. The molecular weight excluding hydrogens is 439 g/mol. The van der Waals surface area contributed by atoms with Gasteiger partial charge < -0.3 is 4.74 Å². The Morgan fingerprint density at radius 2 is 1.62 bits per heavy atom. The predicted octanol–water partition coefficient (Wildman–Crippen LogP) is 6.97. The average Bonchev–Trinajstić information content (AvgIpc) is 3.26. The third-order valence-electron chi connectivity index (χ3n) is 5.49. The largest absolute Gasteiger partial charge is 0.489 e. The zero-order chi connectivity index (χ0) is 23.7. The Morgan fingerprint density at radius 3 is 2.32 bits per heavy atom. The maximum atomic E-state index is 13.9. The topological polar surface area (TPSA) is 39.4 Å². The summed E-state index contributed by atoms with van der Waals surface area (Å²) >= 11 is 0. The van der Waals surface area contributed by atoms with Gasteiger partial charge in [0.25, 0.3) is 0 Å². The second-order valence-corrected chi connectivity index (χ2v) is 7.99. The number of fused-ring (bicyclic) bond motifs is 1. The van der Waals surface area contributed by atoms with Gasteiger partial charge in [-0.1, -0.05) is 60.2 Å². The molecule has 3 aromatic carbocycles. The molecule has 5 rings (SSSR count). The summed E-state index contributed by atoms with van der Waals surface area (Å²) in [5.41, 5.74) is 3.50. The van der Waals surface area contributed by atoms with Crippen LogP contribution in [0.4, 0.5) is 13.2 Å². The molecule has 170 valence electrons. The van der Waals surface area contributed by atoms with Crippen molar-refractivity contribution in [3.8, 4) is 28.1 Å². The molecule has 5 aromatic rings. The van der Waals surface area contributed by atoms with E-state index in [1.807, 2.05) is 61.5 Å². The number of hydrogen-bond acceptors (Lipinski definition) is 3. The van der Waals surface area contributed by atoms with Crippen molar-refractivity contribution in [3.63, 3.8) is 0 Å². The van der Waals surface area contributed by atoms with Crippen LogP contribution in [-0.2, 0) is 12.8 Å². The molecule has 7 heteroatoms. The standard InChI is InChI=1S/C27H20F3N3O/c1-18-6-5-7-19(14-18)17-34-22-12-10-21(11-13-22)24-15-25(27(28,29)30)33-26(32-24)23(16-31-33)20-8-3-2-4-9-20/h2-16H,17H2,1H3. The van der Waals surface area contributed by atoms with Gasteiger partial charge in [-0.2, -0.15) is 18.3 Å². The van der Waals surface area contributed by atoms with Crippen LogP contribution in [-0.4, -0.2) is 14.6 Å². The van der Waals surface area contributed by atoms with Crippen molar-refractivity contribution in [2.24, 2.45) is 0 Å². The third-order valence-corrected chi connectivity index (χ3v) is 5.49. The summed E-state index contributed by atoms with van der Waals surface area (Å²) in [7, 11) is 0. The summed E-state index contributed by atoms with van der Waals surface area (Å²) in [6.07, 6.45) is -3.17. The van der Waals surface area contributed by atoms with Crippen LogP contribution in [0.25, 0.3) is 28.0 Å². The molecule has 0 radical (unpaired) electrons. The first-order chi connectivity index (χ1) is 16.4. The summed E-state index contributed by atoms with van der Waals surface area (Å²) in [4.78, 5) is 4.55. The number of alkyl halides is 3. The minimum absolute atomic E-state index is 0.149. The van der Waals surface area contributed by atoms with Crippen molar-refractivity contribution in [2.75, 3.05) is 0 Å². The summed E-state index contributed by atoms with van der Waals surface area (Å²) < 4.78 is 48.3. The first kappa shape index (κ1) is 21.7. The number of hydrogen-bond donors (Lipinski definition) is 0. The van der Waals surface area contributed by atoms with E-state index < -0.39 is 11.9 Å². The van der Waals surface area contributed by atoms with Crippen molar-refractivity contribution < 1.29 is 17.9 Å². The van der Waals surface area contributed by atoms with Crippen molar-refractivity contribution in [1.82, 2.24) is 14.6 Å². The fourth-order valence-corrected chi connectivity index (χ4v) is 3.82. The molecule has 0 atom stereocenters. The van der Waals surface area contributed by atoms with Crippen molar-refractivity contribution in [2.45, 2.75) is 19.7 Å². The van der Waals surface area contributed by atoms with Crippen LogP contribution in [0.5, 0.6) is 5.75 Å². The maximum Gasteiger partial charge on any atom is 0.433 e. The Labute approximate surface area is 194 Å². The van der Waals surface area contributed by atoms with E-state index in [2.05, 4.69) is 10.1 Å². The van der Waals surface area contributed by atoms with Crippen LogP contribution in [0.2, 0.25) is 0 Å². The minimum Gasteiger partial charge on any atom is -0.489 e. The highest BCUT2D eigenvalue weighted by molar-refractivity contribution is 5.79. The number of ether oxygens (including phenoxy) is 1. The number of aryl methyl sites for hydroxylation is 1. The predicted molar refractivity (Wildman–Crippen MR) is 124 cm³/mol. The molecule has 0 amide bonds. The van der Waals surface area contributed by atoms with Gasteiger partial charge in [-0.15, -0.1) is 0 Å². The van der Waals surface area contributed by atoms with Crippen LogP contribution in [0.3, 0.4) is 0 Å². The molecule has 34 heavy (non-hydrogen) atoms. The van der Waals surface area contributed by atoms with Gasteiger partial charge in [-0.3, -0.25) is 0 Å². The van der Waals surface area contributed by atoms with E-state index in [1.54, 1.807) is 24.3 Å². The number of nitrogens with zero attached hydrogens (tertiary/aromatic N) is 3. The molecule has 0 saturated carbocycles. The molecule has 2 aromatic heterocycles. The molecule has 0 aliphatic rings. The lowest BCUT2D eigenvalue weighted by molar-refractivity contribution is -0.142. The molecule has 0 spiro atoms. The summed E-state index contributed by atoms with van der Waals surface area (Å²) in [6.45, 7) is 2.42. The number of benzene rings is 3. The second-order valence-electron chi connectivity index (χ2n) is 7.99. The van der Waals surface area contributed by atoms with Gasteiger partial charge >= 0.3 is 6.18 Å². The SMILES string of the molecule is Cc1cccc(COc2ccc(-c3cc(C(F)(F)F)n4ncc(-c5ccccc5)c4n3)cc2)c1. The van der Waals surface area contributed by atoms with Crippen LogP contribution in [0.1, 0.15) is 16.8 Å². The minimum atomic E-state index is -4.59. The van der Waals surface area contributed by atoms with Gasteiger partial charge in [0.2, 0.25) is 0 Å². The highest BCUT2D eigenvalue weighted by atomic mass is 19.4. The van der Waals surface area contributed by atoms with E-state index >= 15 is 0 Å². The summed E-state index contributed by atoms with van der Waals surface area (Å²) in [5, 5.41) is 3.98. The normalized spacial score (nSPS) is 11.6. The van der Waals surface area contributed by atoms with Crippen LogP contribution in [0.15, 0.2) is 91.1 Å². The Bertz CT molecular complexity index is 1440. The average molecular weight is 459 g/mol. The number of rotatable bonds is 5. The number of aromatic nitrogens is 3. The molecule has 0 saturated heterocycles. The van der Waals surface area contributed by atoms with E-state index in [-0.39, 0.29) is 11.3 Å². The highest BCUT2D eigenvalue weighted by Gasteiger charge is 2.35. The van der Waals surface area contributed by atoms with E-state index in [1.165, 1.54) is 6.20 Å². The molecular formula is C27H20F3N3O. The first-order valence-electron chi connectivity index (χ1n) is 10.7. The molecule has 4 nitrogen and oxygen atoms in total. The number of halogens is 3. The van der Waals surface area contributed by atoms with Crippen molar-refractivity contribution in [1.29, 1.82) is 0 Å². The summed E-state index contributed by atoms with van der Waals surface area (Å²) in [6, 6.07) is 25.1. The quantitative estimate of drug-likeness (QED) is 0.285. The molecule has 0 aliphatic carbocycles. The summed E-state index contributed by atoms with van der Waals surface area (Å²) in [5.74, 6) is 0.622. The maximum absolute atomic E-state index is 13.9. The molecule has 0 bridgehead atoms. The van der Waals surface area contributed by atoms with Gasteiger partial charge in [0.05, 0.1) is 11.9 Å². The van der Waals surface area contributed by atoms with Gasteiger partial charge in [0.15, 0.2) is 11.3 Å². The van der Waals surface area contributed by atoms with Crippen LogP contribution in [0, 0.1) is 6.92 Å². The van der Waals surface area contributed by atoms with Gasteiger partial charge in [-0.25, -0.2) is 9.50 Å². The molecule has 0 unspecified atom stereocenters. The molecule has 0 fully saturated rings. The van der Waals surface area contributed by atoms with E-state index in [0.29, 0.717) is 23.5 Å². The van der Waals surface area contributed by atoms with Gasteiger partial charge in [-0.05, 0) is 48.4 Å². The fraction of sp³-hybridized carbons (Fsp3) is 0.111. The Balaban J connectivity index is 1.50. The van der Waals surface area contributed by atoms with E-state index in [0.717, 1.165) is 27.3 Å². The molecule has 0 N–H and O–H groups in total. The zero-order valence-corrected chi connectivity index (χ0v) is 18.3. The Morgan fingerprint density at radius 1 is 0.853 bits per heavy atom. The van der Waals surface area contributed by atoms with Gasteiger partial charge in [0.1, 0.15) is 12.4 Å². The Kier molecular flexibility index (Phi) is 5.53.